The summed E-state index contributed by atoms with van der Waals surface area (Å²) >= 11 is 0. The summed E-state index contributed by atoms with van der Waals surface area (Å²) in [7, 11) is 0. The van der Waals surface area contributed by atoms with Crippen molar-refractivity contribution in [3.63, 3.8) is 0 Å². The summed E-state index contributed by atoms with van der Waals surface area (Å²) < 4.78 is 4.59. The van der Waals surface area contributed by atoms with Gasteiger partial charge in [0, 0.05) is 56.5 Å². The van der Waals surface area contributed by atoms with E-state index < -0.39 is 0 Å². The van der Waals surface area contributed by atoms with Gasteiger partial charge in [0.05, 0.1) is 11.3 Å². The molecule has 0 amide bonds. The van der Waals surface area contributed by atoms with Gasteiger partial charge in [-0.05, 0) is 37.3 Å². The predicted molar refractivity (Wildman–Crippen MR) is 130 cm³/mol. The van der Waals surface area contributed by atoms with Crippen LogP contribution in [0, 0.1) is 39.7 Å². The molecule has 2 aromatic carbocycles. The minimum Gasteiger partial charge on any atom is -0.358 e. The Bertz CT molecular complexity index is 1420. The van der Waals surface area contributed by atoms with Crippen molar-refractivity contribution in [2.75, 3.05) is 0 Å². The average molecular weight is 695 g/mol. The van der Waals surface area contributed by atoms with Crippen molar-refractivity contribution in [3.8, 4) is 11.3 Å². The monoisotopic (exact) mass is 694 g/mol. The molecule has 0 saturated heterocycles. The molecule has 0 N–H and O–H groups in total. The molecule has 0 saturated carbocycles. The number of hydrogen-bond donors (Lipinski definition) is 0. The second-order valence-electron chi connectivity index (χ2n) is 9.51. The first-order chi connectivity index (χ1) is 14.3. The summed E-state index contributed by atoms with van der Waals surface area (Å²) in [6.45, 7) is 14.1. The van der Waals surface area contributed by atoms with Gasteiger partial charge in [-0.1, -0.05) is 49.7 Å². The smallest absolute Gasteiger partial charge is 0.358 e. The Morgan fingerprint density at radius 2 is 1.64 bits per heavy atom. The number of nitrogens with zero attached hydrogens (tertiary/aromatic N) is 4. The van der Waals surface area contributed by atoms with Gasteiger partial charge >= 0.3 is 21.1 Å². The van der Waals surface area contributed by atoms with Gasteiger partial charge in [0.1, 0.15) is 11.5 Å². The van der Waals surface area contributed by atoms with E-state index in [1.165, 1.54) is 16.7 Å². The van der Waals surface area contributed by atoms with Crippen LogP contribution in [-0.4, -0.2) is 18.9 Å². The van der Waals surface area contributed by atoms with Crippen LogP contribution < -0.4 is 0 Å². The zero-order chi connectivity index (χ0) is 21.2. The maximum atomic E-state index is 5.07. The van der Waals surface area contributed by atoms with E-state index in [0.717, 1.165) is 45.6 Å². The second kappa shape index (κ2) is 10.1. The predicted octanol–water partition coefficient (Wildman–Crippen LogP) is 6.72. The van der Waals surface area contributed by atoms with Gasteiger partial charge in [0.2, 0.25) is 0 Å². The molecule has 171 valence electrons. The molecular weight excluding hydrogens is 664 g/mol. The molecule has 1 radical (unpaired) electrons. The van der Waals surface area contributed by atoms with E-state index in [-0.39, 0.29) is 66.6 Å². The SMILES string of the molecule is Cc1cccc(C)c1-c1cnc2c3[c-]cccc3c3c(nc(C)n3CC(C)(C)C)n12.[CH3-].[Pt+2].[Y]. The molecule has 5 rings (SSSR count). The van der Waals surface area contributed by atoms with Crippen molar-refractivity contribution < 1.29 is 53.8 Å². The summed E-state index contributed by atoms with van der Waals surface area (Å²) in [5, 5.41) is 2.20. The number of aryl methyl sites for hydroxylation is 3. The molecule has 0 bridgehead atoms. The van der Waals surface area contributed by atoms with E-state index in [1.807, 2.05) is 12.3 Å². The van der Waals surface area contributed by atoms with Crippen LogP contribution in [0.4, 0.5) is 0 Å². The molecule has 3 aromatic heterocycles. The summed E-state index contributed by atoms with van der Waals surface area (Å²) in [4.78, 5) is 9.92. The second-order valence-corrected chi connectivity index (χ2v) is 9.51. The van der Waals surface area contributed by atoms with Crippen LogP contribution >= 0.6 is 0 Å². The van der Waals surface area contributed by atoms with Crippen LogP contribution in [0.15, 0.2) is 42.6 Å². The van der Waals surface area contributed by atoms with Gasteiger partial charge in [0.15, 0.2) is 0 Å². The van der Waals surface area contributed by atoms with Crippen LogP contribution in [0.3, 0.4) is 0 Å². The molecule has 0 atom stereocenters. The molecular formula is C27H30N4PtY. The molecule has 3 heterocycles. The third-order valence-corrected chi connectivity index (χ3v) is 5.82. The van der Waals surface area contributed by atoms with Gasteiger partial charge in [-0.15, -0.1) is 24.3 Å². The van der Waals surface area contributed by atoms with E-state index in [1.54, 1.807) is 0 Å². The Balaban J connectivity index is 0.00000128. The molecule has 0 fully saturated rings. The molecule has 5 aromatic rings. The largest absolute Gasteiger partial charge is 2.00 e. The third-order valence-electron chi connectivity index (χ3n) is 5.82. The Morgan fingerprint density at radius 3 is 2.27 bits per heavy atom. The Morgan fingerprint density at radius 1 is 0.970 bits per heavy atom. The number of aromatic nitrogens is 4. The van der Waals surface area contributed by atoms with Crippen LogP contribution in [0.25, 0.3) is 38.8 Å². The first kappa shape index (κ1) is 27.9. The standard InChI is InChI=1S/C26H27N4.CH3.Pt.Y/c1-16-10-9-11-17(2)22(16)21-14-27-24-20-13-8-7-12-19(20)23-25(30(21)24)28-18(3)29(23)15-26(4,5)6;;;/h7-12,14H,15H2,1-6H3;1H3;;/q2*-1;+2;. The quantitative estimate of drug-likeness (QED) is 0.193. The molecule has 6 heteroatoms. The van der Waals surface area contributed by atoms with Crippen molar-refractivity contribution >= 4 is 27.6 Å². The minimum atomic E-state index is 0. The summed E-state index contributed by atoms with van der Waals surface area (Å²) in [6, 6.07) is 16.1. The number of rotatable bonds is 2. The summed E-state index contributed by atoms with van der Waals surface area (Å²) in [5.41, 5.74) is 7.98. The third kappa shape index (κ3) is 4.64. The molecule has 0 aliphatic carbocycles. The Hall–Kier alpha value is -1.35. The number of hydrogen-bond acceptors (Lipinski definition) is 2. The van der Waals surface area contributed by atoms with Crippen molar-refractivity contribution in [2.24, 2.45) is 5.41 Å². The molecule has 0 spiro atoms. The number of pyridine rings is 1. The Labute approximate surface area is 236 Å². The fraction of sp³-hybridized carbons (Fsp3) is 0.296. The molecule has 0 aliphatic heterocycles. The van der Waals surface area contributed by atoms with Gasteiger partial charge in [-0.25, -0.2) is 4.98 Å². The van der Waals surface area contributed by atoms with Gasteiger partial charge in [0.25, 0.3) is 0 Å². The first-order valence-corrected chi connectivity index (χ1v) is 10.5. The molecule has 4 nitrogen and oxygen atoms in total. The maximum Gasteiger partial charge on any atom is 2.00 e. The first-order valence-electron chi connectivity index (χ1n) is 10.5. The fourth-order valence-electron chi connectivity index (χ4n) is 4.60. The number of imidazole rings is 2. The minimum absolute atomic E-state index is 0. The van der Waals surface area contributed by atoms with Crippen molar-refractivity contribution in [2.45, 2.75) is 48.1 Å². The normalized spacial score (nSPS) is 11.3. The number of fused-ring (bicyclic) bond motifs is 6. The van der Waals surface area contributed by atoms with E-state index in [2.05, 4.69) is 86.9 Å². The van der Waals surface area contributed by atoms with Crippen molar-refractivity contribution in [3.05, 3.63) is 73.0 Å². The van der Waals surface area contributed by atoms with Crippen LogP contribution in [0.1, 0.15) is 37.7 Å². The number of benzene rings is 2. The molecule has 33 heavy (non-hydrogen) atoms. The zero-order valence-electron chi connectivity index (χ0n) is 20.4. The van der Waals surface area contributed by atoms with Gasteiger partial charge in [-0.3, -0.25) is 4.98 Å². The maximum absolute atomic E-state index is 5.07. The van der Waals surface area contributed by atoms with Crippen LogP contribution in [0.5, 0.6) is 0 Å². The van der Waals surface area contributed by atoms with Crippen molar-refractivity contribution in [1.29, 1.82) is 0 Å². The molecule has 0 aliphatic rings. The van der Waals surface area contributed by atoms with Gasteiger partial charge < -0.3 is 16.4 Å². The zero-order valence-corrected chi connectivity index (χ0v) is 25.5. The van der Waals surface area contributed by atoms with E-state index >= 15 is 0 Å². The van der Waals surface area contributed by atoms with E-state index in [0.29, 0.717) is 0 Å². The summed E-state index contributed by atoms with van der Waals surface area (Å²) in [6.07, 6.45) is 1.99. The van der Waals surface area contributed by atoms with Crippen molar-refractivity contribution in [1.82, 2.24) is 18.9 Å². The van der Waals surface area contributed by atoms with Gasteiger partial charge in [-0.2, -0.15) is 0 Å². The van der Waals surface area contributed by atoms with Crippen LogP contribution in [0.2, 0.25) is 0 Å². The fourth-order valence-corrected chi connectivity index (χ4v) is 4.60. The average Bonchev–Trinajstić information content (AvgIpc) is 3.23. The Kier molecular flexibility index (Phi) is 8.54. The molecule has 0 unspecified atom stereocenters. The van der Waals surface area contributed by atoms with E-state index in [9.17, 15) is 0 Å². The van der Waals surface area contributed by atoms with E-state index in [4.69, 9.17) is 9.97 Å². The topological polar surface area (TPSA) is 35.1 Å². The van der Waals surface area contributed by atoms with Crippen LogP contribution in [-0.2, 0) is 60.3 Å². The summed E-state index contributed by atoms with van der Waals surface area (Å²) in [5.74, 6) is 1.03.